The van der Waals surface area contributed by atoms with Gasteiger partial charge < -0.3 is 10.1 Å². The third-order valence-corrected chi connectivity index (χ3v) is 6.01. The number of amides is 1. The number of nitrogens with one attached hydrogen (secondary N) is 1. The summed E-state index contributed by atoms with van der Waals surface area (Å²) in [6, 6.07) is 18.3. The van der Waals surface area contributed by atoms with Crippen LogP contribution in [-0.2, 0) is 5.75 Å². The van der Waals surface area contributed by atoms with Crippen LogP contribution in [0.2, 0.25) is 0 Å². The van der Waals surface area contributed by atoms with Gasteiger partial charge in [-0.05, 0) is 76.1 Å². The van der Waals surface area contributed by atoms with E-state index in [4.69, 9.17) is 4.74 Å². The van der Waals surface area contributed by atoms with Crippen LogP contribution in [0.3, 0.4) is 0 Å². The van der Waals surface area contributed by atoms with Crippen molar-refractivity contribution in [2.45, 2.75) is 45.3 Å². The highest BCUT2D eigenvalue weighted by atomic mass is 32.2. The van der Waals surface area contributed by atoms with Crippen LogP contribution < -0.4 is 10.1 Å². The average Bonchev–Trinajstić information content (AvgIpc) is 2.71. The molecule has 0 aromatic heterocycles. The first-order valence-electron chi connectivity index (χ1n) is 10.2. The molecule has 0 unspecified atom stereocenters. The van der Waals surface area contributed by atoms with Gasteiger partial charge in [0, 0.05) is 27.5 Å². The largest absolute Gasteiger partial charge is 0.494 e. The molecule has 0 spiro atoms. The smallest absolute Gasteiger partial charge is 0.255 e. The molecule has 0 radical (unpaired) electrons. The van der Waals surface area contributed by atoms with Crippen molar-refractivity contribution in [1.82, 2.24) is 0 Å². The Hall–Kier alpha value is -2.72. The predicted molar refractivity (Wildman–Crippen MR) is 127 cm³/mol. The molecule has 0 bridgehead atoms. The van der Waals surface area contributed by atoms with Crippen molar-refractivity contribution >= 4 is 23.4 Å². The van der Waals surface area contributed by atoms with Crippen LogP contribution in [-0.4, -0.2) is 12.5 Å². The topological polar surface area (TPSA) is 38.3 Å². The number of ether oxygens (including phenoxy) is 1. The summed E-state index contributed by atoms with van der Waals surface area (Å²) in [5, 5.41) is 3.09. The molecule has 0 aliphatic carbocycles. The number of aryl methyl sites for hydroxylation is 4. The van der Waals surface area contributed by atoms with Crippen LogP contribution in [0, 0.1) is 27.7 Å². The molecular formula is C26H29NO2S. The highest BCUT2D eigenvalue weighted by Gasteiger charge is 2.14. The van der Waals surface area contributed by atoms with Gasteiger partial charge in [-0.3, -0.25) is 4.79 Å². The van der Waals surface area contributed by atoms with Gasteiger partial charge in [0.25, 0.3) is 5.91 Å². The monoisotopic (exact) mass is 419 g/mol. The number of thioether (sulfide) groups is 1. The highest BCUT2D eigenvalue weighted by molar-refractivity contribution is 7.98. The SMILES string of the molecule is CCOc1ccc(C(=O)Nc2c(C)cc(C)cc2C)cc1CSc1ccc(C)cc1. The molecule has 156 valence electrons. The van der Waals surface area contributed by atoms with Crippen molar-refractivity contribution in [3.8, 4) is 5.75 Å². The van der Waals surface area contributed by atoms with Gasteiger partial charge in [-0.25, -0.2) is 0 Å². The summed E-state index contributed by atoms with van der Waals surface area (Å²) >= 11 is 1.74. The summed E-state index contributed by atoms with van der Waals surface area (Å²) in [5.41, 5.74) is 7.12. The van der Waals surface area contributed by atoms with Gasteiger partial charge in [-0.1, -0.05) is 35.4 Å². The van der Waals surface area contributed by atoms with Crippen LogP contribution >= 0.6 is 11.8 Å². The minimum atomic E-state index is -0.102. The summed E-state index contributed by atoms with van der Waals surface area (Å²) in [6.07, 6.45) is 0. The molecule has 1 amide bonds. The van der Waals surface area contributed by atoms with E-state index in [1.165, 1.54) is 16.0 Å². The van der Waals surface area contributed by atoms with E-state index in [2.05, 4.69) is 55.6 Å². The minimum Gasteiger partial charge on any atom is -0.494 e. The first-order chi connectivity index (χ1) is 14.4. The van der Waals surface area contributed by atoms with Gasteiger partial charge in [0.05, 0.1) is 6.61 Å². The van der Waals surface area contributed by atoms with Crippen molar-refractivity contribution in [3.05, 3.63) is 88.0 Å². The molecule has 3 rings (SSSR count). The summed E-state index contributed by atoms with van der Waals surface area (Å²) < 4.78 is 5.80. The van der Waals surface area contributed by atoms with E-state index >= 15 is 0 Å². The van der Waals surface area contributed by atoms with Gasteiger partial charge in [-0.15, -0.1) is 11.8 Å². The van der Waals surface area contributed by atoms with Gasteiger partial charge >= 0.3 is 0 Å². The normalized spacial score (nSPS) is 10.7. The Balaban J connectivity index is 1.82. The number of hydrogen-bond donors (Lipinski definition) is 1. The number of hydrogen-bond acceptors (Lipinski definition) is 3. The van der Waals surface area contributed by atoms with Crippen molar-refractivity contribution in [3.63, 3.8) is 0 Å². The van der Waals surface area contributed by atoms with E-state index in [1.54, 1.807) is 11.8 Å². The molecule has 30 heavy (non-hydrogen) atoms. The first kappa shape index (κ1) is 22.0. The van der Waals surface area contributed by atoms with Gasteiger partial charge in [0.15, 0.2) is 0 Å². The molecule has 0 atom stereocenters. The number of anilines is 1. The Kier molecular flexibility index (Phi) is 7.22. The summed E-state index contributed by atoms with van der Waals surface area (Å²) in [7, 11) is 0. The Morgan fingerprint density at radius 1 is 0.900 bits per heavy atom. The molecule has 0 aliphatic rings. The van der Waals surface area contributed by atoms with Gasteiger partial charge in [0.1, 0.15) is 5.75 Å². The maximum absolute atomic E-state index is 13.0. The maximum Gasteiger partial charge on any atom is 0.255 e. The third kappa shape index (κ3) is 5.45. The van der Waals surface area contributed by atoms with E-state index in [0.717, 1.165) is 33.9 Å². The number of benzene rings is 3. The molecule has 3 aromatic carbocycles. The second kappa shape index (κ2) is 9.86. The molecule has 0 saturated heterocycles. The van der Waals surface area contributed by atoms with Crippen LogP contribution in [0.4, 0.5) is 5.69 Å². The van der Waals surface area contributed by atoms with Crippen molar-refractivity contribution in [2.24, 2.45) is 0 Å². The van der Waals surface area contributed by atoms with E-state index < -0.39 is 0 Å². The first-order valence-corrected chi connectivity index (χ1v) is 11.2. The van der Waals surface area contributed by atoms with Crippen molar-refractivity contribution in [1.29, 1.82) is 0 Å². The quantitative estimate of drug-likeness (QED) is 0.425. The van der Waals surface area contributed by atoms with Gasteiger partial charge in [-0.2, -0.15) is 0 Å². The van der Waals surface area contributed by atoms with E-state index in [1.807, 2.05) is 39.0 Å². The lowest BCUT2D eigenvalue weighted by Crippen LogP contribution is -2.14. The van der Waals surface area contributed by atoms with E-state index in [0.29, 0.717) is 12.2 Å². The summed E-state index contributed by atoms with van der Waals surface area (Å²) in [6.45, 7) is 10.8. The molecule has 0 aliphatic heterocycles. The molecule has 3 aromatic rings. The van der Waals surface area contributed by atoms with E-state index in [-0.39, 0.29) is 5.91 Å². The Morgan fingerprint density at radius 3 is 2.20 bits per heavy atom. The fourth-order valence-electron chi connectivity index (χ4n) is 3.49. The molecule has 1 N–H and O–H groups in total. The lowest BCUT2D eigenvalue weighted by molar-refractivity contribution is 0.102. The lowest BCUT2D eigenvalue weighted by Gasteiger charge is -2.15. The third-order valence-electron chi connectivity index (χ3n) is 4.95. The highest BCUT2D eigenvalue weighted by Crippen LogP contribution is 2.30. The summed E-state index contributed by atoms with van der Waals surface area (Å²) in [4.78, 5) is 14.2. The second-order valence-electron chi connectivity index (χ2n) is 7.59. The molecule has 0 saturated carbocycles. The minimum absolute atomic E-state index is 0.102. The van der Waals surface area contributed by atoms with Crippen LogP contribution in [0.25, 0.3) is 0 Å². The second-order valence-corrected chi connectivity index (χ2v) is 8.63. The molecule has 3 nitrogen and oxygen atoms in total. The van der Waals surface area contributed by atoms with Crippen molar-refractivity contribution in [2.75, 3.05) is 11.9 Å². The Labute approximate surface area is 183 Å². The standard InChI is InChI=1S/C26H29NO2S/c1-6-29-24-12-9-21(15-22(24)16-30-23-10-7-17(2)8-11-23)26(28)27-25-19(4)13-18(3)14-20(25)5/h7-15H,6,16H2,1-5H3,(H,27,28). The Morgan fingerprint density at radius 2 is 1.57 bits per heavy atom. The van der Waals surface area contributed by atoms with Gasteiger partial charge in [0.2, 0.25) is 0 Å². The van der Waals surface area contributed by atoms with E-state index in [9.17, 15) is 4.79 Å². The molecule has 4 heteroatoms. The van der Waals surface area contributed by atoms with Crippen LogP contribution in [0.1, 0.15) is 45.1 Å². The summed E-state index contributed by atoms with van der Waals surface area (Å²) in [5.74, 6) is 1.47. The lowest BCUT2D eigenvalue weighted by atomic mass is 10.0. The molecular weight excluding hydrogens is 390 g/mol. The Bertz CT molecular complexity index is 1020. The zero-order valence-corrected chi connectivity index (χ0v) is 19.2. The van der Waals surface area contributed by atoms with Crippen LogP contribution in [0.15, 0.2) is 59.5 Å². The fraction of sp³-hybridized carbons (Fsp3) is 0.269. The number of carbonyl (C=O) groups excluding carboxylic acids is 1. The van der Waals surface area contributed by atoms with Crippen molar-refractivity contribution < 1.29 is 9.53 Å². The maximum atomic E-state index is 13.0. The predicted octanol–water partition coefficient (Wildman–Crippen LogP) is 6.86. The zero-order chi connectivity index (χ0) is 21.7. The fourth-order valence-corrected chi connectivity index (χ4v) is 4.36. The average molecular weight is 420 g/mol. The van der Waals surface area contributed by atoms with Crippen LogP contribution in [0.5, 0.6) is 5.75 Å². The number of carbonyl (C=O) groups is 1. The zero-order valence-electron chi connectivity index (χ0n) is 18.3. The number of rotatable bonds is 7. The molecule has 0 heterocycles. The molecule has 0 fully saturated rings.